The summed E-state index contributed by atoms with van der Waals surface area (Å²) in [4.78, 5) is 12.2. The number of hydrogen-bond donors (Lipinski definition) is 1. The summed E-state index contributed by atoms with van der Waals surface area (Å²) in [6.07, 6.45) is 0.994. The van der Waals surface area contributed by atoms with Crippen molar-refractivity contribution in [3.05, 3.63) is 59.1 Å². The predicted octanol–water partition coefficient (Wildman–Crippen LogP) is 4.56. The number of rotatable bonds is 6. The van der Waals surface area contributed by atoms with E-state index < -0.39 is 11.6 Å². The summed E-state index contributed by atoms with van der Waals surface area (Å²) in [6.45, 7) is 3.89. The van der Waals surface area contributed by atoms with Crippen molar-refractivity contribution in [3.8, 4) is 11.1 Å². The second-order valence-electron chi connectivity index (χ2n) is 5.42. The Hall–Kier alpha value is -1.84. The molecule has 0 fully saturated rings. The van der Waals surface area contributed by atoms with E-state index in [1.165, 1.54) is 0 Å². The van der Waals surface area contributed by atoms with E-state index in [2.05, 4.69) is 0 Å². The topological polar surface area (TPSA) is 46.5 Å². The van der Waals surface area contributed by atoms with Crippen molar-refractivity contribution in [2.24, 2.45) is 0 Å². The Morgan fingerprint density at radius 3 is 2.39 bits per heavy atom. The first-order valence-corrected chi connectivity index (χ1v) is 8.15. The molecule has 0 saturated carbocycles. The van der Waals surface area contributed by atoms with Crippen LogP contribution in [0, 0.1) is 0 Å². The fourth-order valence-electron chi connectivity index (χ4n) is 2.58. The van der Waals surface area contributed by atoms with Crippen LogP contribution in [0.2, 0.25) is 5.02 Å². The van der Waals surface area contributed by atoms with Crippen molar-refractivity contribution in [1.29, 1.82) is 0 Å². The Morgan fingerprint density at radius 1 is 1.13 bits per heavy atom. The Kier molecular flexibility index (Phi) is 5.80. The average molecular weight is 333 g/mol. The van der Waals surface area contributed by atoms with Gasteiger partial charge >= 0.3 is 5.97 Å². The molecule has 0 aliphatic carbocycles. The van der Waals surface area contributed by atoms with E-state index in [1.807, 2.05) is 43.3 Å². The van der Waals surface area contributed by atoms with Gasteiger partial charge in [0.05, 0.1) is 6.61 Å². The molecule has 3 nitrogen and oxygen atoms in total. The zero-order chi connectivity index (χ0) is 16.9. The van der Waals surface area contributed by atoms with E-state index in [4.69, 9.17) is 16.3 Å². The zero-order valence-electron chi connectivity index (χ0n) is 13.4. The van der Waals surface area contributed by atoms with Gasteiger partial charge in [-0.1, -0.05) is 61.3 Å². The Labute approximate surface area is 141 Å². The van der Waals surface area contributed by atoms with Crippen LogP contribution >= 0.6 is 11.6 Å². The third-order valence-corrected chi connectivity index (χ3v) is 3.98. The summed E-state index contributed by atoms with van der Waals surface area (Å²) < 4.78 is 5.04. The smallest absolute Gasteiger partial charge is 0.342 e. The van der Waals surface area contributed by atoms with E-state index in [9.17, 15) is 9.90 Å². The van der Waals surface area contributed by atoms with Crippen molar-refractivity contribution in [2.75, 3.05) is 6.61 Å². The highest BCUT2D eigenvalue weighted by Gasteiger charge is 2.38. The number of esters is 1. The second-order valence-corrected chi connectivity index (χ2v) is 5.85. The van der Waals surface area contributed by atoms with Gasteiger partial charge in [0.2, 0.25) is 0 Å². The predicted molar refractivity (Wildman–Crippen MR) is 92.3 cm³/mol. The lowest BCUT2D eigenvalue weighted by atomic mass is 9.88. The van der Waals surface area contributed by atoms with Crippen LogP contribution in [0.5, 0.6) is 0 Å². The van der Waals surface area contributed by atoms with Gasteiger partial charge in [-0.2, -0.15) is 0 Å². The van der Waals surface area contributed by atoms with Gasteiger partial charge in [0.25, 0.3) is 0 Å². The van der Waals surface area contributed by atoms with Crippen molar-refractivity contribution in [1.82, 2.24) is 0 Å². The summed E-state index contributed by atoms with van der Waals surface area (Å²) in [5.41, 5.74) is 0.902. The highest BCUT2D eigenvalue weighted by molar-refractivity contribution is 6.30. The van der Waals surface area contributed by atoms with Gasteiger partial charge in [-0.05, 0) is 42.2 Å². The number of ether oxygens (including phenoxy) is 1. The van der Waals surface area contributed by atoms with E-state index in [0.29, 0.717) is 23.4 Å². The molecule has 23 heavy (non-hydrogen) atoms. The molecule has 1 unspecified atom stereocenters. The molecule has 122 valence electrons. The van der Waals surface area contributed by atoms with E-state index in [1.54, 1.807) is 19.1 Å². The maximum Gasteiger partial charge on any atom is 0.342 e. The molecule has 0 heterocycles. The number of carbonyl (C=O) groups is 1. The van der Waals surface area contributed by atoms with Gasteiger partial charge in [-0.15, -0.1) is 0 Å². The highest BCUT2D eigenvalue weighted by Crippen LogP contribution is 2.31. The molecule has 1 N–H and O–H groups in total. The fraction of sp³-hybridized carbons (Fsp3) is 0.316. The molecule has 0 spiro atoms. The molecular weight excluding hydrogens is 312 g/mol. The van der Waals surface area contributed by atoms with Crippen molar-refractivity contribution >= 4 is 17.6 Å². The zero-order valence-corrected chi connectivity index (χ0v) is 14.1. The molecule has 0 aliphatic heterocycles. The molecule has 2 aromatic rings. The Bertz CT molecular complexity index is 667. The third-order valence-electron chi connectivity index (χ3n) is 3.75. The van der Waals surface area contributed by atoms with Crippen LogP contribution < -0.4 is 0 Å². The molecular formula is C19H21ClO3. The molecule has 0 aliphatic rings. The third kappa shape index (κ3) is 3.92. The van der Waals surface area contributed by atoms with Crippen LogP contribution in [0.1, 0.15) is 32.3 Å². The number of benzene rings is 2. The molecule has 0 radical (unpaired) electrons. The summed E-state index contributed by atoms with van der Waals surface area (Å²) in [5, 5.41) is 11.5. The second kappa shape index (κ2) is 7.62. The molecule has 2 aromatic carbocycles. The van der Waals surface area contributed by atoms with Crippen LogP contribution in [0.4, 0.5) is 0 Å². The SMILES string of the molecule is CCCC(O)(C(=O)OCC)c1ccc(-c2cccc(Cl)c2)cc1. The van der Waals surface area contributed by atoms with Gasteiger partial charge in [-0.25, -0.2) is 4.79 Å². The highest BCUT2D eigenvalue weighted by atomic mass is 35.5. The van der Waals surface area contributed by atoms with Crippen LogP contribution in [0.15, 0.2) is 48.5 Å². The number of carbonyl (C=O) groups excluding carboxylic acids is 1. The lowest BCUT2D eigenvalue weighted by Gasteiger charge is -2.26. The monoisotopic (exact) mass is 332 g/mol. The lowest BCUT2D eigenvalue weighted by Crippen LogP contribution is -2.37. The Morgan fingerprint density at radius 2 is 1.83 bits per heavy atom. The minimum absolute atomic E-state index is 0.242. The maximum atomic E-state index is 12.2. The molecule has 0 aromatic heterocycles. The van der Waals surface area contributed by atoms with E-state index >= 15 is 0 Å². The normalized spacial score (nSPS) is 13.4. The first kappa shape index (κ1) is 17.5. The first-order valence-electron chi connectivity index (χ1n) is 7.77. The number of halogens is 1. The fourth-order valence-corrected chi connectivity index (χ4v) is 2.77. The van der Waals surface area contributed by atoms with Crippen LogP contribution in [-0.2, 0) is 15.1 Å². The molecule has 4 heteroatoms. The van der Waals surface area contributed by atoms with Gasteiger partial charge < -0.3 is 9.84 Å². The molecule has 0 saturated heterocycles. The van der Waals surface area contributed by atoms with Gasteiger partial charge in [0.1, 0.15) is 0 Å². The van der Waals surface area contributed by atoms with Crippen molar-refractivity contribution in [2.45, 2.75) is 32.3 Å². The summed E-state index contributed by atoms with van der Waals surface area (Å²) in [6, 6.07) is 14.8. The largest absolute Gasteiger partial charge is 0.464 e. The summed E-state index contributed by atoms with van der Waals surface area (Å²) >= 11 is 6.01. The van der Waals surface area contributed by atoms with E-state index in [0.717, 1.165) is 11.1 Å². The number of aliphatic hydroxyl groups is 1. The molecule has 1 atom stereocenters. The van der Waals surface area contributed by atoms with Crippen LogP contribution in [0.25, 0.3) is 11.1 Å². The minimum Gasteiger partial charge on any atom is -0.464 e. The Balaban J connectivity index is 2.34. The standard InChI is InChI=1S/C19H21ClO3/c1-3-12-19(22,18(21)23-4-2)16-10-8-14(9-11-16)15-6-5-7-17(20)13-15/h5-11,13,22H,3-4,12H2,1-2H3. The van der Waals surface area contributed by atoms with Crippen molar-refractivity contribution in [3.63, 3.8) is 0 Å². The lowest BCUT2D eigenvalue weighted by molar-refractivity contribution is -0.167. The van der Waals surface area contributed by atoms with Gasteiger partial charge in [0, 0.05) is 5.02 Å². The van der Waals surface area contributed by atoms with Crippen LogP contribution in [0.3, 0.4) is 0 Å². The maximum absolute atomic E-state index is 12.2. The minimum atomic E-state index is -1.60. The van der Waals surface area contributed by atoms with Gasteiger partial charge in [0.15, 0.2) is 5.60 Å². The number of hydrogen-bond acceptors (Lipinski definition) is 3. The first-order chi connectivity index (χ1) is 11.0. The summed E-state index contributed by atoms with van der Waals surface area (Å²) in [5.74, 6) is -0.600. The van der Waals surface area contributed by atoms with Gasteiger partial charge in [-0.3, -0.25) is 0 Å². The summed E-state index contributed by atoms with van der Waals surface area (Å²) in [7, 11) is 0. The van der Waals surface area contributed by atoms with Crippen LogP contribution in [-0.4, -0.2) is 17.7 Å². The molecule has 0 amide bonds. The van der Waals surface area contributed by atoms with E-state index in [-0.39, 0.29) is 6.61 Å². The average Bonchev–Trinajstić information content (AvgIpc) is 2.55. The quantitative estimate of drug-likeness (QED) is 0.789. The molecule has 2 rings (SSSR count). The molecule has 0 bridgehead atoms. The van der Waals surface area contributed by atoms with Crippen molar-refractivity contribution < 1.29 is 14.6 Å².